The van der Waals surface area contributed by atoms with Crippen LogP contribution in [0.1, 0.15) is 34.1 Å². The first-order valence-corrected chi connectivity index (χ1v) is 15.2. The molecule has 0 aliphatic rings. The molecule has 228 valence electrons. The highest BCUT2D eigenvalue weighted by Gasteiger charge is 2.15. The van der Waals surface area contributed by atoms with Crippen molar-refractivity contribution in [3.63, 3.8) is 0 Å². The highest BCUT2D eigenvalue weighted by molar-refractivity contribution is 9.10. The molecule has 0 fully saturated rings. The van der Waals surface area contributed by atoms with Crippen molar-refractivity contribution in [3.05, 3.63) is 130 Å². The molecule has 0 aliphatic carbocycles. The number of hydrogen-bond donors (Lipinski definition) is 2. The fourth-order valence-corrected chi connectivity index (χ4v) is 5.32. The van der Waals surface area contributed by atoms with Crippen LogP contribution in [0, 0.1) is 13.8 Å². The van der Waals surface area contributed by atoms with E-state index in [1.807, 2.05) is 68.4 Å². The van der Waals surface area contributed by atoms with Gasteiger partial charge < -0.3 is 19.4 Å². The van der Waals surface area contributed by atoms with Crippen LogP contribution in [0.3, 0.4) is 0 Å². The molecule has 0 bridgehead atoms. The number of benzene rings is 4. The van der Waals surface area contributed by atoms with Crippen molar-refractivity contribution in [2.75, 3.05) is 18.5 Å². The zero-order valence-electron chi connectivity index (χ0n) is 25.2. The van der Waals surface area contributed by atoms with E-state index in [1.165, 1.54) is 6.21 Å². The van der Waals surface area contributed by atoms with E-state index in [0.717, 1.165) is 28.2 Å². The summed E-state index contributed by atoms with van der Waals surface area (Å²) in [6.45, 7) is 6.08. The summed E-state index contributed by atoms with van der Waals surface area (Å²) in [5.41, 5.74) is 9.76. The lowest BCUT2D eigenvalue weighted by molar-refractivity contribution is -0.118. The molecule has 4 aromatic carbocycles. The summed E-state index contributed by atoms with van der Waals surface area (Å²) < 4.78 is 14.3. The largest absolute Gasteiger partial charge is 0.490 e. The van der Waals surface area contributed by atoms with E-state index in [2.05, 4.69) is 67.5 Å². The number of carbonyl (C=O) groups is 2. The summed E-state index contributed by atoms with van der Waals surface area (Å²) >= 11 is 3.51. The average Bonchev–Trinajstić information content (AvgIpc) is 3.43. The van der Waals surface area contributed by atoms with Gasteiger partial charge in [0, 0.05) is 22.6 Å². The number of carbonyl (C=O) groups excluding carboxylic acids is 2. The molecule has 2 N–H and O–H groups in total. The predicted octanol–water partition coefficient (Wildman–Crippen LogP) is 7.70. The third-order valence-corrected chi connectivity index (χ3v) is 7.52. The molecule has 1 heterocycles. The number of amides is 2. The standard InChI is InChI=1S/C36H33BrN4O4/c1-4-44-33-21-26(20-31(37)35(33)45-23-34(42)39-29-15-10-24(2)11-16-29)22-38-40-36(43)28-13-17-30(18-14-28)41-25(3)12-19-32(41)27-8-6-5-7-9-27/h5-22H,4,23H2,1-3H3,(H,39,42)(H,40,43)/b38-22+. The van der Waals surface area contributed by atoms with E-state index in [-0.39, 0.29) is 18.4 Å². The Hall–Kier alpha value is -5.15. The van der Waals surface area contributed by atoms with Crippen molar-refractivity contribution >= 4 is 39.6 Å². The second-order valence-electron chi connectivity index (χ2n) is 10.3. The molecular weight excluding hydrogens is 632 g/mol. The number of nitrogens with one attached hydrogen (secondary N) is 2. The molecule has 0 atom stereocenters. The van der Waals surface area contributed by atoms with Crippen molar-refractivity contribution in [1.82, 2.24) is 9.99 Å². The number of aryl methyl sites for hydroxylation is 2. The zero-order valence-corrected chi connectivity index (χ0v) is 26.8. The van der Waals surface area contributed by atoms with Gasteiger partial charge in [-0.1, -0.05) is 48.0 Å². The maximum absolute atomic E-state index is 12.9. The van der Waals surface area contributed by atoms with Crippen molar-refractivity contribution in [2.45, 2.75) is 20.8 Å². The molecule has 8 nitrogen and oxygen atoms in total. The SMILES string of the molecule is CCOc1cc(/C=N/NC(=O)c2ccc(-n3c(C)ccc3-c3ccccc3)cc2)cc(Br)c1OCC(=O)Nc1ccc(C)cc1. The van der Waals surface area contributed by atoms with Crippen LogP contribution < -0.4 is 20.2 Å². The third kappa shape index (κ3) is 7.87. The van der Waals surface area contributed by atoms with Gasteiger partial charge in [0.15, 0.2) is 18.1 Å². The average molecular weight is 666 g/mol. The van der Waals surface area contributed by atoms with E-state index in [0.29, 0.717) is 39.4 Å². The monoisotopic (exact) mass is 664 g/mol. The van der Waals surface area contributed by atoms with Gasteiger partial charge in [-0.05, 0) is 108 Å². The van der Waals surface area contributed by atoms with Crippen LogP contribution in [-0.2, 0) is 4.79 Å². The van der Waals surface area contributed by atoms with Gasteiger partial charge in [0.2, 0.25) is 0 Å². The molecule has 0 aliphatic heterocycles. The van der Waals surface area contributed by atoms with Gasteiger partial charge >= 0.3 is 0 Å². The normalized spacial score (nSPS) is 10.9. The lowest BCUT2D eigenvalue weighted by Crippen LogP contribution is -2.20. The molecule has 0 spiro atoms. The summed E-state index contributed by atoms with van der Waals surface area (Å²) in [6.07, 6.45) is 1.52. The molecule has 0 unspecified atom stereocenters. The van der Waals surface area contributed by atoms with Crippen molar-refractivity contribution < 1.29 is 19.1 Å². The topological polar surface area (TPSA) is 93.9 Å². The van der Waals surface area contributed by atoms with Crippen LogP contribution in [0.5, 0.6) is 11.5 Å². The van der Waals surface area contributed by atoms with E-state index >= 15 is 0 Å². The molecule has 45 heavy (non-hydrogen) atoms. The number of nitrogens with zero attached hydrogens (tertiary/aromatic N) is 2. The third-order valence-electron chi connectivity index (χ3n) is 6.93. The summed E-state index contributed by atoms with van der Waals surface area (Å²) in [6, 6.07) is 32.8. The Morgan fingerprint density at radius 1 is 0.889 bits per heavy atom. The minimum absolute atomic E-state index is 0.202. The number of anilines is 1. The van der Waals surface area contributed by atoms with Crippen LogP contribution in [0.4, 0.5) is 5.69 Å². The van der Waals surface area contributed by atoms with Crippen molar-refractivity contribution in [1.29, 1.82) is 0 Å². The van der Waals surface area contributed by atoms with Crippen LogP contribution in [0.25, 0.3) is 16.9 Å². The molecule has 0 saturated heterocycles. The second kappa shape index (κ2) is 14.5. The fourth-order valence-electron chi connectivity index (χ4n) is 4.74. The molecule has 5 rings (SSSR count). The Morgan fingerprint density at radius 2 is 1.62 bits per heavy atom. The molecule has 9 heteroatoms. The van der Waals surface area contributed by atoms with E-state index in [9.17, 15) is 9.59 Å². The van der Waals surface area contributed by atoms with E-state index in [4.69, 9.17) is 9.47 Å². The highest BCUT2D eigenvalue weighted by atomic mass is 79.9. The second-order valence-corrected chi connectivity index (χ2v) is 11.1. The number of aromatic nitrogens is 1. The minimum atomic E-state index is -0.339. The lowest BCUT2D eigenvalue weighted by Gasteiger charge is -2.14. The first kappa shape index (κ1) is 31.3. The first-order valence-electron chi connectivity index (χ1n) is 14.5. The Kier molecular flexibility index (Phi) is 10.1. The summed E-state index contributed by atoms with van der Waals surface area (Å²) in [4.78, 5) is 25.3. The molecule has 1 aromatic heterocycles. The van der Waals surface area contributed by atoms with Crippen LogP contribution in [-0.4, -0.2) is 35.8 Å². The summed E-state index contributed by atoms with van der Waals surface area (Å²) in [7, 11) is 0. The van der Waals surface area contributed by atoms with Gasteiger partial charge in [-0.15, -0.1) is 0 Å². The Bertz CT molecular complexity index is 1820. The van der Waals surface area contributed by atoms with E-state index < -0.39 is 0 Å². The van der Waals surface area contributed by atoms with Crippen molar-refractivity contribution in [3.8, 4) is 28.4 Å². The smallest absolute Gasteiger partial charge is 0.271 e. The first-order chi connectivity index (χ1) is 21.8. The summed E-state index contributed by atoms with van der Waals surface area (Å²) in [5.74, 6) is 0.197. The van der Waals surface area contributed by atoms with Gasteiger partial charge in [0.25, 0.3) is 11.8 Å². The number of hydrogen-bond acceptors (Lipinski definition) is 5. The molecule has 2 amide bonds. The van der Waals surface area contributed by atoms with Crippen LogP contribution in [0.2, 0.25) is 0 Å². The number of halogens is 1. The van der Waals surface area contributed by atoms with E-state index in [1.54, 1.807) is 24.3 Å². The predicted molar refractivity (Wildman–Crippen MR) is 182 cm³/mol. The Labute approximate surface area is 270 Å². The maximum atomic E-state index is 12.9. The molecule has 5 aromatic rings. The number of rotatable bonds is 11. The van der Waals surface area contributed by atoms with Crippen LogP contribution in [0.15, 0.2) is 113 Å². The molecular formula is C36H33BrN4O4. The van der Waals surface area contributed by atoms with Gasteiger partial charge in [0.05, 0.1) is 23.0 Å². The minimum Gasteiger partial charge on any atom is -0.490 e. The molecule has 0 saturated carbocycles. The molecule has 0 radical (unpaired) electrons. The lowest BCUT2D eigenvalue weighted by atomic mass is 10.1. The zero-order chi connectivity index (χ0) is 31.8. The highest BCUT2D eigenvalue weighted by Crippen LogP contribution is 2.36. The van der Waals surface area contributed by atoms with Gasteiger partial charge in [-0.2, -0.15) is 5.10 Å². The number of hydrazone groups is 1. The number of ether oxygens (including phenoxy) is 2. The fraction of sp³-hybridized carbons (Fsp3) is 0.139. The van der Waals surface area contributed by atoms with Gasteiger partial charge in [-0.3, -0.25) is 9.59 Å². The van der Waals surface area contributed by atoms with Gasteiger partial charge in [0.1, 0.15) is 0 Å². The quantitative estimate of drug-likeness (QED) is 0.112. The summed E-state index contributed by atoms with van der Waals surface area (Å²) in [5, 5.41) is 6.96. The maximum Gasteiger partial charge on any atom is 0.271 e. The van der Waals surface area contributed by atoms with Crippen LogP contribution >= 0.6 is 15.9 Å². The van der Waals surface area contributed by atoms with Crippen molar-refractivity contribution in [2.24, 2.45) is 5.10 Å². The van der Waals surface area contributed by atoms with Gasteiger partial charge in [-0.25, -0.2) is 5.43 Å². The Balaban J connectivity index is 1.22. The Morgan fingerprint density at radius 3 is 2.33 bits per heavy atom.